The Balaban J connectivity index is 2.00. The van der Waals surface area contributed by atoms with E-state index in [1.54, 1.807) is 12.0 Å². The van der Waals surface area contributed by atoms with Crippen molar-refractivity contribution in [3.05, 3.63) is 29.8 Å². The molecule has 2 unspecified atom stereocenters. The molecule has 1 N–H and O–H groups in total. The standard InChI is InChI=1S/C15H21NO3/c1-3-11-7-15(18)16(9-11)10-14(17)12-5-4-6-13(8-12)19-2/h4-6,8,11,14,17H,3,7,9-10H2,1-2H3. The first kappa shape index (κ1) is 13.9. The van der Waals surface area contributed by atoms with E-state index in [2.05, 4.69) is 6.92 Å². The zero-order valence-electron chi connectivity index (χ0n) is 11.5. The largest absolute Gasteiger partial charge is 0.497 e. The number of nitrogens with zero attached hydrogens (tertiary/aromatic N) is 1. The van der Waals surface area contributed by atoms with Crippen LogP contribution in [0.5, 0.6) is 5.75 Å². The van der Waals surface area contributed by atoms with Crippen LogP contribution in [0, 0.1) is 5.92 Å². The van der Waals surface area contributed by atoms with E-state index < -0.39 is 6.10 Å². The lowest BCUT2D eigenvalue weighted by molar-refractivity contribution is -0.129. The third-order valence-corrected chi connectivity index (χ3v) is 3.74. The van der Waals surface area contributed by atoms with Crippen LogP contribution in [0.1, 0.15) is 31.4 Å². The molecule has 1 aromatic carbocycles. The van der Waals surface area contributed by atoms with Gasteiger partial charge in [-0.25, -0.2) is 0 Å². The molecule has 1 saturated heterocycles. The Hall–Kier alpha value is -1.55. The van der Waals surface area contributed by atoms with Gasteiger partial charge in [0.05, 0.1) is 19.8 Å². The Kier molecular flexibility index (Phi) is 4.43. The lowest BCUT2D eigenvalue weighted by Gasteiger charge is -2.21. The van der Waals surface area contributed by atoms with E-state index in [0.29, 0.717) is 18.9 Å². The number of hydrogen-bond donors (Lipinski definition) is 1. The van der Waals surface area contributed by atoms with Crippen molar-refractivity contribution < 1.29 is 14.6 Å². The van der Waals surface area contributed by atoms with Crippen LogP contribution in [-0.2, 0) is 4.79 Å². The van der Waals surface area contributed by atoms with Crippen molar-refractivity contribution in [2.24, 2.45) is 5.92 Å². The van der Waals surface area contributed by atoms with Crippen molar-refractivity contribution in [2.75, 3.05) is 20.2 Å². The Morgan fingerprint density at radius 2 is 2.32 bits per heavy atom. The third-order valence-electron chi connectivity index (χ3n) is 3.74. The molecule has 19 heavy (non-hydrogen) atoms. The highest BCUT2D eigenvalue weighted by molar-refractivity contribution is 5.78. The van der Waals surface area contributed by atoms with Gasteiger partial charge in [-0.1, -0.05) is 25.5 Å². The first-order valence-electron chi connectivity index (χ1n) is 6.73. The number of hydrogen-bond acceptors (Lipinski definition) is 3. The van der Waals surface area contributed by atoms with Gasteiger partial charge in [0.25, 0.3) is 0 Å². The first-order valence-corrected chi connectivity index (χ1v) is 6.73. The Bertz CT molecular complexity index is 447. The first-order chi connectivity index (χ1) is 9.13. The minimum Gasteiger partial charge on any atom is -0.497 e. The van der Waals surface area contributed by atoms with E-state index in [1.165, 1.54) is 0 Å². The molecular formula is C15H21NO3. The highest BCUT2D eigenvalue weighted by Gasteiger charge is 2.29. The second kappa shape index (κ2) is 6.06. The molecule has 4 nitrogen and oxygen atoms in total. The van der Waals surface area contributed by atoms with Crippen LogP contribution in [-0.4, -0.2) is 36.1 Å². The van der Waals surface area contributed by atoms with Crippen molar-refractivity contribution in [2.45, 2.75) is 25.9 Å². The molecule has 1 aliphatic heterocycles. The molecule has 0 aliphatic carbocycles. The van der Waals surface area contributed by atoms with Crippen LogP contribution in [0.25, 0.3) is 0 Å². The maximum Gasteiger partial charge on any atom is 0.223 e. The summed E-state index contributed by atoms with van der Waals surface area (Å²) in [6.45, 7) is 3.22. The van der Waals surface area contributed by atoms with Crippen LogP contribution >= 0.6 is 0 Å². The van der Waals surface area contributed by atoms with Crippen molar-refractivity contribution in [3.63, 3.8) is 0 Å². The van der Waals surface area contributed by atoms with Crippen LogP contribution in [0.15, 0.2) is 24.3 Å². The topological polar surface area (TPSA) is 49.8 Å². The van der Waals surface area contributed by atoms with E-state index >= 15 is 0 Å². The average Bonchev–Trinajstić information content (AvgIpc) is 2.79. The van der Waals surface area contributed by atoms with Gasteiger partial charge in [-0.15, -0.1) is 0 Å². The molecule has 4 heteroatoms. The number of benzene rings is 1. The molecule has 1 heterocycles. The van der Waals surface area contributed by atoms with E-state index in [1.807, 2.05) is 24.3 Å². The van der Waals surface area contributed by atoms with E-state index in [-0.39, 0.29) is 5.91 Å². The third kappa shape index (κ3) is 3.26. The van der Waals surface area contributed by atoms with Gasteiger partial charge in [-0.3, -0.25) is 4.79 Å². The van der Waals surface area contributed by atoms with Crippen LogP contribution < -0.4 is 4.74 Å². The van der Waals surface area contributed by atoms with Crippen LogP contribution in [0.4, 0.5) is 0 Å². The molecule has 0 aromatic heterocycles. The van der Waals surface area contributed by atoms with Gasteiger partial charge in [0, 0.05) is 13.0 Å². The normalized spacial score (nSPS) is 20.7. The SMILES string of the molecule is CCC1CC(=O)N(CC(O)c2cccc(OC)c2)C1. The molecule has 1 aliphatic rings. The molecule has 104 valence electrons. The summed E-state index contributed by atoms with van der Waals surface area (Å²) in [5.41, 5.74) is 0.784. The fraction of sp³-hybridized carbons (Fsp3) is 0.533. The highest BCUT2D eigenvalue weighted by atomic mass is 16.5. The fourth-order valence-electron chi connectivity index (χ4n) is 2.47. The summed E-state index contributed by atoms with van der Waals surface area (Å²) in [6.07, 6.45) is 0.966. The summed E-state index contributed by atoms with van der Waals surface area (Å²) in [7, 11) is 1.60. The zero-order valence-corrected chi connectivity index (χ0v) is 11.5. The van der Waals surface area contributed by atoms with Gasteiger partial charge in [-0.2, -0.15) is 0 Å². The van der Waals surface area contributed by atoms with Gasteiger partial charge < -0.3 is 14.7 Å². The second-order valence-corrected chi connectivity index (χ2v) is 5.07. The Morgan fingerprint density at radius 1 is 1.53 bits per heavy atom. The summed E-state index contributed by atoms with van der Waals surface area (Å²) in [6, 6.07) is 7.34. The maximum atomic E-state index is 11.8. The van der Waals surface area contributed by atoms with E-state index in [4.69, 9.17) is 4.74 Å². The number of ether oxygens (including phenoxy) is 1. The van der Waals surface area contributed by atoms with E-state index in [0.717, 1.165) is 24.3 Å². The monoisotopic (exact) mass is 263 g/mol. The zero-order chi connectivity index (χ0) is 13.8. The van der Waals surface area contributed by atoms with Crippen LogP contribution in [0.2, 0.25) is 0 Å². The van der Waals surface area contributed by atoms with Crippen molar-refractivity contribution in [1.29, 1.82) is 0 Å². The molecule has 2 atom stereocenters. The Labute approximate surface area is 114 Å². The minimum absolute atomic E-state index is 0.147. The number of aliphatic hydroxyl groups excluding tert-OH is 1. The fourth-order valence-corrected chi connectivity index (χ4v) is 2.47. The number of rotatable bonds is 5. The molecule has 0 spiro atoms. The number of aliphatic hydroxyl groups is 1. The number of likely N-dealkylation sites (tertiary alicyclic amines) is 1. The summed E-state index contributed by atoms with van der Waals surface area (Å²) >= 11 is 0. The molecule has 0 saturated carbocycles. The quantitative estimate of drug-likeness (QED) is 0.883. The van der Waals surface area contributed by atoms with Crippen molar-refractivity contribution >= 4 is 5.91 Å². The molecule has 1 fully saturated rings. The van der Waals surface area contributed by atoms with Crippen LogP contribution in [0.3, 0.4) is 0 Å². The molecule has 2 rings (SSSR count). The van der Waals surface area contributed by atoms with Gasteiger partial charge in [0.2, 0.25) is 5.91 Å². The predicted molar refractivity (Wildman–Crippen MR) is 72.9 cm³/mol. The molecule has 0 radical (unpaired) electrons. The summed E-state index contributed by atoms with van der Waals surface area (Å²) in [5.74, 6) is 1.30. The summed E-state index contributed by atoms with van der Waals surface area (Å²) < 4.78 is 5.14. The molecule has 0 bridgehead atoms. The molecule has 1 aromatic rings. The number of carbonyl (C=O) groups excluding carboxylic acids is 1. The van der Waals surface area contributed by atoms with Gasteiger partial charge in [0.1, 0.15) is 5.75 Å². The summed E-state index contributed by atoms with van der Waals surface area (Å²) in [4.78, 5) is 13.6. The van der Waals surface area contributed by atoms with Gasteiger partial charge in [-0.05, 0) is 23.6 Å². The average molecular weight is 263 g/mol. The number of carbonyl (C=O) groups is 1. The smallest absolute Gasteiger partial charge is 0.223 e. The number of β-amino-alcohol motifs (C(OH)–C–C–N with tert-alkyl or cyclic N) is 1. The second-order valence-electron chi connectivity index (χ2n) is 5.07. The number of amides is 1. The predicted octanol–water partition coefficient (Wildman–Crippen LogP) is 1.99. The van der Waals surface area contributed by atoms with Crippen molar-refractivity contribution in [1.82, 2.24) is 4.90 Å². The van der Waals surface area contributed by atoms with Gasteiger partial charge in [0.15, 0.2) is 0 Å². The lowest BCUT2D eigenvalue weighted by Crippen LogP contribution is -2.30. The lowest BCUT2D eigenvalue weighted by atomic mass is 10.1. The molecule has 1 amide bonds. The number of methoxy groups -OCH3 is 1. The van der Waals surface area contributed by atoms with E-state index in [9.17, 15) is 9.90 Å². The van der Waals surface area contributed by atoms with Gasteiger partial charge >= 0.3 is 0 Å². The highest BCUT2D eigenvalue weighted by Crippen LogP contribution is 2.25. The Morgan fingerprint density at radius 3 is 2.95 bits per heavy atom. The minimum atomic E-state index is -0.658. The maximum absolute atomic E-state index is 11.8. The van der Waals surface area contributed by atoms with Crippen molar-refractivity contribution in [3.8, 4) is 5.75 Å². The summed E-state index contributed by atoms with van der Waals surface area (Å²) in [5, 5.41) is 10.2. The molecular weight excluding hydrogens is 242 g/mol.